The number of hydrogen-bond donors (Lipinski definition) is 2. The van der Waals surface area contributed by atoms with Gasteiger partial charge in [-0.2, -0.15) is 0 Å². The van der Waals surface area contributed by atoms with Crippen LogP contribution in [0.2, 0.25) is 0 Å². The number of thiophene rings is 1. The third kappa shape index (κ3) is 4.61. The van der Waals surface area contributed by atoms with Gasteiger partial charge in [0.25, 0.3) is 5.56 Å². The monoisotopic (exact) mass is 485 g/mol. The van der Waals surface area contributed by atoms with Gasteiger partial charge in [0, 0.05) is 23.9 Å². The highest BCUT2D eigenvalue weighted by Gasteiger charge is 2.22. The van der Waals surface area contributed by atoms with Crippen LogP contribution >= 0.6 is 11.3 Å². The zero-order chi connectivity index (χ0) is 24.5. The van der Waals surface area contributed by atoms with Gasteiger partial charge in [0.15, 0.2) is 0 Å². The van der Waals surface area contributed by atoms with Gasteiger partial charge >= 0.3 is 0 Å². The van der Waals surface area contributed by atoms with E-state index >= 15 is 0 Å². The minimum absolute atomic E-state index is 0.127. The zero-order valence-corrected chi connectivity index (χ0v) is 20.7. The summed E-state index contributed by atoms with van der Waals surface area (Å²) in [6.07, 6.45) is 1.70. The Balaban J connectivity index is 1.34. The lowest BCUT2D eigenvalue weighted by atomic mass is 10.0. The third-order valence-corrected chi connectivity index (χ3v) is 7.07. The summed E-state index contributed by atoms with van der Waals surface area (Å²) in [6.45, 7) is 6.38. The Bertz CT molecular complexity index is 1530. The fraction of sp³-hybridized carbons (Fsp3) is 0.259. The number of benzene rings is 2. The number of carbonyl (C=O) groups excluding carboxylic acids is 1. The highest BCUT2D eigenvalue weighted by atomic mass is 32.1. The number of nitrogens with one attached hydrogen (secondary N) is 2. The molecule has 5 aromatic rings. The second-order valence-electron chi connectivity index (χ2n) is 9.12. The van der Waals surface area contributed by atoms with Crippen molar-refractivity contribution in [3.63, 3.8) is 0 Å². The number of nitrogens with zero attached hydrogens (tertiary/aromatic N) is 3. The smallest absolute Gasteiger partial charge is 0.262 e. The number of aromatic nitrogens is 4. The average molecular weight is 486 g/mol. The minimum atomic E-state index is -0.253. The molecule has 2 aromatic carbocycles. The molecular weight excluding hydrogens is 458 g/mol. The van der Waals surface area contributed by atoms with Gasteiger partial charge < -0.3 is 10.3 Å². The second-order valence-corrected chi connectivity index (χ2v) is 9.98. The number of aryl methyl sites for hydroxylation is 2. The Morgan fingerprint density at radius 3 is 2.66 bits per heavy atom. The number of H-pyrrole nitrogens is 1. The van der Waals surface area contributed by atoms with E-state index < -0.39 is 0 Å². The maximum atomic E-state index is 13.3. The fourth-order valence-electron chi connectivity index (χ4n) is 4.21. The van der Waals surface area contributed by atoms with E-state index in [0.717, 1.165) is 33.5 Å². The average Bonchev–Trinajstić information content (AvgIpc) is 3.47. The van der Waals surface area contributed by atoms with Crippen LogP contribution in [0.4, 0.5) is 0 Å². The van der Waals surface area contributed by atoms with Crippen LogP contribution in [-0.4, -0.2) is 25.4 Å². The quantitative estimate of drug-likeness (QED) is 0.331. The van der Waals surface area contributed by atoms with E-state index in [9.17, 15) is 9.59 Å². The molecule has 35 heavy (non-hydrogen) atoms. The van der Waals surface area contributed by atoms with Crippen molar-refractivity contribution in [2.24, 2.45) is 5.92 Å². The lowest BCUT2D eigenvalue weighted by Gasteiger charge is -2.20. The molecule has 0 fully saturated rings. The molecule has 7 nitrogen and oxygen atoms in total. The molecule has 2 N–H and O–H groups in total. The van der Waals surface area contributed by atoms with E-state index in [2.05, 4.69) is 20.3 Å². The molecule has 8 heteroatoms. The second kappa shape index (κ2) is 9.46. The number of imidazole rings is 1. The molecular formula is C27H27N5O2S. The Labute approximate surface area is 206 Å². The van der Waals surface area contributed by atoms with Crippen molar-refractivity contribution < 1.29 is 4.79 Å². The first-order chi connectivity index (χ1) is 16.9. The van der Waals surface area contributed by atoms with Crippen molar-refractivity contribution in [1.82, 2.24) is 24.8 Å². The van der Waals surface area contributed by atoms with Gasteiger partial charge in [-0.3, -0.25) is 14.2 Å². The summed E-state index contributed by atoms with van der Waals surface area (Å²) in [4.78, 5) is 39.3. The molecule has 1 unspecified atom stereocenters. The molecule has 0 saturated heterocycles. The van der Waals surface area contributed by atoms with Crippen molar-refractivity contribution in [1.29, 1.82) is 0 Å². The van der Waals surface area contributed by atoms with Crippen LogP contribution in [0.25, 0.3) is 32.4 Å². The number of amides is 1. The van der Waals surface area contributed by atoms with Crippen molar-refractivity contribution in [3.05, 3.63) is 82.0 Å². The van der Waals surface area contributed by atoms with E-state index in [1.165, 1.54) is 22.2 Å². The molecule has 178 valence electrons. The van der Waals surface area contributed by atoms with E-state index in [-0.39, 0.29) is 36.4 Å². The Morgan fingerprint density at radius 1 is 1.14 bits per heavy atom. The number of carbonyl (C=O) groups is 1. The largest absolute Gasteiger partial charge is 0.346 e. The molecule has 3 heterocycles. The molecule has 0 aliphatic carbocycles. The van der Waals surface area contributed by atoms with E-state index in [4.69, 9.17) is 0 Å². The lowest BCUT2D eigenvalue weighted by molar-refractivity contribution is -0.122. The Hall–Kier alpha value is -3.78. The SMILES string of the molecule is Cc1ccc(-c2csc3ncn(CCC(=O)NC(c4nc5ccccc5[nH]4)C(C)C)c(=O)c23)cc1. The number of rotatable bonds is 7. The van der Waals surface area contributed by atoms with Crippen LogP contribution in [0.3, 0.4) is 0 Å². The summed E-state index contributed by atoms with van der Waals surface area (Å²) in [6, 6.07) is 15.7. The van der Waals surface area contributed by atoms with E-state index in [0.29, 0.717) is 10.2 Å². The van der Waals surface area contributed by atoms with E-state index in [1.54, 1.807) is 0 Å². The van der Waals surface area contributed by atoms with Crippen molar-refractivity contribution >= 4 is 38.5 Å². The van der Waals surface area contributed by atoms with Gasteiger partial charge in [-0.15, -0.1) is 11.3 Å². The van der Waals surface area contributed by atoms with Crippen LogP contribution < -0.4 is 10.9 Å². The maximum Gasteiger partial charge on any atom is 0.262 e. The molecule has 5 rings (SSSR count). The summed E-state index contributed by atoms with van der Waals surface area (Å²) in [5, 5.41) is 5.67. The summed E-state index contributed by atoms with van der Waals surface area (Å²) in [5.74, 6) is 0.735. The van der Waals surface area contributed by atoms with Gasteiger partial charge in [0.1, 0.15) is 10.7 Å². The molecule has 0 saturated carbocycles. The number of hydrogen-bond acceptors (Lipinski definition) is 5. The van der Waals surface area contributed by atoms with Crippen molar-refractivity contribution in [2.45, 2.75) is 39.8 Å². The van der Waals surface area contributed by atoms with Crippen LogP contribution in [0.5, 0.6) is 0 Å². The topological polar surface area (TPSA) is 92.7 Å². The zero-order valence-electron chi connectivity index (χ0n) is 19.9. The highest BCUT2D eigenvalue weighted by molar-refractivity contribution is 7.17. The normalized spacial score (nSPS) is 12.5. The first-order valence-electron chi connectivity index (χ1n) is 11.7. The summed E-state index contributed by atoms with van der Waals surface area (Å²) in [5.41, 5.74) is 4.71. The van der Waals surface area contributed by atoms with E-state index in [1.807, 2.05) is 74.7 Å². The number of fused-ring (bicyclic) bond motifs is 2. The van der Waals surface area contributed by atoms with Crippen LogP contribution in [0.1, 0.15) is 37.7 Å². The van der Waals surface area contributed by atoms with Crippen LogP contribution in [-0.2, 0) is 11.3 Å². The lowest BCUT2D eigenvalue weighted by Crippen LogP contribution is -2.33. The van der Waals surface area contributed by atoms with Gasteiger partial charge in [-0.25, -0.2) is 9.97 Å². The molecule has 0 spiro atoms. The number of aromatic amines is 1. The standard InChI is InChI=1S/C27H27N5O2S/c1-16(2)24(25-29-20-6-4-5-7-21(20)30-25)31-22(33)12-13-32-15-28-26-23(27(32)34)19(14-35-26)18-10-8-17(3)9-11-18/h4-11,14-16,24H,12-13H2,1-3H3,(H,29,30)(H,31,33). The number of para-hydroxylation sites is 2. The van der Waals surface area contributed by atoms with Gasteiger partial charge in [-0.05, 0) is 30.5 Å². The predicted molar refractivity (Wildman–Crippen MR) is 140 cm³/mol. The third-order valence-electron chi connectivity index (χ3n) is 6.19. The summed E-state index contributed by atoms with van der Waals surface area (Å²) < 4.78 is 1.53. The van der Waals surface area contributed by atoms with Crippen LogP contribution in [0.15, 0.2) is 65.0 Å². The highest BCUT2D eigenvalue weighted by Crippen LogP contribution is 2.30. The molecule has 0 radical (unpaired) electrons. The van der Waals surface area contributed by atoms with Gasteiger partial charge in [0.05, 0.1) is 28.8 Å². The van der Waals surface area contributed by atoms with Crippen LogP contribution in [0, 0.1) is 12.8 Å². The first kappa shape index (κ1) is 23.0. The molecule has 0 bridgehead atoms. The fourth-order valence-corrected chi connectivity index (χ4v) is 5.12. The molecule has 1 amide bonds. The summed E-state index contributed by atoms with van der Waals surface area (Å²) in [7, 11) is 0. The molecule has 1 atom stereocenters. The molecule has 3 aromatic heterocycles. The maximum absolute atomic E-state index is 13.3. The van der Waals surface area contributed by atoms with Crippen molar-refractivity contribution in [3.8, 4) is 11.1 Å². The predicted octanol–water partition coefficient (Wildman–Crippen LogP) is 5.21. The van der Waals surface area contributed by atoms with Gasteiger partial charge in [0.2, 0.25) is 5.91 Å². The first-order valence-corrected chi connectivity index (χ1v) is 12.6. The molecule has 0 aliphatic rings. The minimum Gasteiger partial charge on any atom is -0.346 e. The Kier molecular flexibility index (Phi) is 6.21. The Morgan fingerprint density at radius 2 is 1.91 bits per heavy atom. The summed E-state index contributed by atoms with van der Waals surface area (Å²) >= 11 is 1.46. The molecule has 0 aliphatic heterocycles. The van der Waals surface area contributed by atoms with Crippen molar-refractivity contribution in [2.75, 3.05) is 0 Å². The van der Waals surface area contributed by atoms with Gasteiger partial charge in [-0.1, -0.05) is 55.8 Å².